The van der Waals surface area contributed by atoms with Crippen molar-refractivity contribution in [2.75, 3.05) is 14.1 Å². The van der Waals surface area contributed by atoms with E-state index in [4.69, 9.17) is 9.84 Å². The van der Waals surface area contributed by atoms with Crippen molar-refractivity contribution >= 4 is 50.8 Å². The smallest absolute Gasteiger partial charge is 0.335 e. The van der Waals surface area contributed by atoms with Crippen LogP contribution in [0.15, 0.2) is 56.8 Å². The summed E-state index contributed by atoms with van der Waals surface area (Å²) >= 11 is 4.77. The predicted octanol–water partition coefficient (Wildman–Crippen LogP) is 4.26. The first-order chi connectivity index (χ1) is 13.4. The molecule has 0 bridgehead atoms. The van der Waals surface area contributed by atoms with E-state index in [2.05, 4.69) is 20.9 Å². The summed E-state index contributed by atoms with van der Waals surface area (Å²) in [4.78, 5) is 29.5. The van der Waals surface area contributed by atoms with Gasteiger partial charge in [0.15, 0.2) is 5.17 Å². The number of carbonyl (C=O) groups is 2. The molecule has 0 unspecified atom stereocenters. The normalized spacial score (nSPS) is 16.8. The third-order valence-electron chi connectivity index (χ3n) is 4.05. The van der Waals surface area contributed by atoms with Crippen LogP contribution in [-0.4, -0.2) is 41.1 Å². The number of aromatic carboxylic acids is 1. The maximum absolute atomic E-state index is 12.4. The van der Waals surface area contributed by atoms with Gasteiger partial charge in [0.25, 0.3) is 5.91 Å². The highest BCUT2D eigenvalue weighted by Crippen LogP contribution is 2.34. The lowest BCUT2D eigenvalue weighted by atomic mass is 10.1. The van der Waals surface area contributed by atoms with Crippen LogP contribution in [0.2, 0.25) is 0 Å². The van der Waals surface area contributed by atoms with Crippen LogP contribution in [0.1, 0.15) is 21.5 Å². The van der Waals surface area contributed by atoms with Gasteiger partial charge in [0.1, 0.15) is 12.4 Å². The molecule has 1 fully saturated rings. The average molecular weight is 461 g/mol. The monoisotopic (exact) mass is 460 g/mol. The summed E-state index contributed by atoms with van der Waals surface area (Å²) in [6.45, 7) is 0.278. The number of thioether (sulfide) groups is 1. The molecule has 0 aromatic heterocycles. The maximum Gasteiger partial charge on any atom is 0.335 e. The summed E-state index contributed by atoms with van der Waals surface area (Å²) in [5, 5.41) is 9.62. The number of likely N-dealkylation sites (N-methyl/N-ethyl adjacent to an activating group) is 1. The largest absolute Gasteiger partial charge is 0.488 e. The van der Waals surface area contributed by atoms with Crippen LogP contribution < -0.4 is 4.74 Å². The standard InChI is InChI=1S/C20H17BrN2O4S/c1-22-20-23(2)18(24)17(28-20)10-14-9-15(21)7-8-16(14)27-11-12-3-5-13(6-4-12)19(25)26/h3-10H,11H2,1-2H3,(H,25,26)/b17-10+,22-20?. The molecule has 3 rings (SSSR count). The molecule has 1 saturated heterocycles. The molecule has 1 N–H and O–H groups in total. The molecule has 6 nitrogen and oxygen atoms in total. The van der Waals surface area contributed by atoms with Crippen LogP contribution in [0.3, 0.4) is 0 Å². The van der Waals surface area contributed by atoms with Gasteiger partial charge in [0, 0.05) is 24.1 Å². The zero-order valence-corrected chi connectivity index (χ0v) is 17.6. The topological polar surface area (TPSA) is 79.2 Å². The number of hydrogen-bond donors (Lipinski definition) is 1. The van der Waals surface area contributed by atoms with Crippen LogP contribution in [0.4, 0.5) is 0 Å². The Balaban J connectivity index is 1.82. The van der Waals surface area contributed by atoms with Gasteiger partial charge in [-0.3, -0.25) is 14.7 Å². The minimum absolute atomic E-state index is 0.110. The SMILES string of the molecule is CN=C1S/C(=C/c2cc(Br)ccc2OCc2ccc(C(=O)O)cc2)C(=O)N1C. The Morgan fingerprint density at radius 1 is 1.29 bits per heavy atom. The number of nitrogens with zero attached hydrogens (tertiary/aromatic N) is 2. The van der Waals surface area contributed by atoms with E-state index in [0.717, 1.165) is 15.6 Å². The van der Waals surface area contributed by atoms with E-state index in [-0.39, 0.29) is 18.1 Å². The lowest BCUT2D eigenvalue weighted by Crippen LogP contribution is -2.23. The Kier molecular flexibility index (Phi) is 6.21. The molecule has 8 heteroatoms. The van der Waals surface area contributed by atoms with E-state index in [9.17, 15) is 9.59 Å². The van der Waals surface area contributed by atoms with E-state index in [1.54, 1.807) is 44.4 Å². The van der Waals surface area contributed by atoms with Gasteiger partial charge >= 0.3 is 5.97 Å². The van der Waals surface area contributed by atoms with E-state index < -0.39 is 5.97 Å². The van der Waals surface area contributed by atoms with Gasteiger partial charge in [0.05, 0.1) is 10.5 Å². The molecule has 2 aromatic rings. The number of carboxylic acid groups (broad SMARTS) is 1. The van der Waals surface area contributed by atoms with E-state index in [1.807, 2.05) is 18.2 Å². The number of rotatable bonds is 5. The summed E-state index contributed by atoms with van der Waals surface area (Å²) < 4.78 is 6.79. The van der Waals surface area contributed by atoms with Crippen molar-refractivity contribution in [1.29, 1.82) is 0 Å². The number of hydrogen-bond acceptors (Lipinski definition) is 5. The summed E-state index contributed by atoms with van der Waals surface area (Å²) in [6.07, 6.45) is 1.79. The highest BCUT2D eigenvalue weighted by atomic mass is 79.9. The minimum atomic E-state index is -0.965. The highest BCUT2D eigenvalue weighted by Gasteiger charge is 2.30. The molecule has 28 heavy (non-hydrogen) atoms. The second kappa shape index (κ2) is 8.62. The van der Waals surface area contributed by atoms with Gasteiger partial charge in [-0.15, -0.1) is 0 Å². The van der Waals surface area contributed by atoms with Crippen molar-refractivity contribution in [2.45, 2.75) is 6.61 Å². The molecular formula is C20H17BrN2O4S. The average Bonchev–Trinajstić information content (AvgIpc) is 2.95. The molecule has 1 aliphatic rings. The van der Waals surface area contributed by atoms with Crippen LogP contribution in [0.25, 0.3) is 6.08 Å². The van der Waals surface area contributed by atoms with Gasteiger partial charge in [-0.25, -0.2) is 4.79 Å². The van der Waals surface area contributed by atoms with Crippen molar-refractivity contribution in [3.05, 3.63) is 68.5 Å². The van der Waals surface area contributed by atoms with E-state index in [1.165, 1.54) is 16.7 Å². The molecule has 0 saturated carbocycles. The highest BCUT2D eigenvalue weighted by molar-refractivity contribution is 9.10. The summed E-state index contributed by atoms with van der Waals surface area (Å²) in [7, 11) is 3.34. The van der Waals surface area contributed by atoms with Crippen LogP contribution in [0.5, 0.6) is 5.75 Å². The molecular weight excluding hydrogens is 444 g/mol. The van der Waals surface area contributed by atoms with Crippen molar-refractivity contribution in [1.82, 2.24) is 4.90 Å². The Morgan fingerprint density at radius 3 is 2.61 bits per heavy atom. The van der Waals surface area contributed by atoms with Gasteiger partial charge in [-0.05, 0) is 53.7 Å². The van der Waals surface area contributed by atoms with Gasteiger partial charge in [-0.1, -0.05) is 28.1 Å². The fraction of sp³-hybridized carbons (Fsp3) is 0.150. The number of ether oxygens (including phenoxy) is 1. The fourth-order valence-corrected chi connectivity index (χ4v) is 3.86. The van der Waals surface area contributed by atoms with Gasteiger partial charge in [0.2, 0.25) is 0 Å². The molecule has 0 aliphatic carbocycles. The molecule has 1 aliphatic heterocycles. The van der Waals surface area contributed by atoms with Crippen molar-refractivity contribution < 1.29 is 19.4 Å². The molecule has 0 atom stereocenters. The predicted molar refractivity (Wildman–Crippen MR) is 114 cm³/mol. The Bertz CT molecular complexity index is 986. The molecule has 0 radical (unpaired) electrons. The quantitative estimate of drug-likeness (QED) is 0.674. The minimum Gasteiger partial charge on any atom is -0.488 e. The zero-order valence-electron chi connectivity index (χ0n) is 15.2. The molecule has 1 heterocycles. The van der Waals surface area contributed by atoms with Crippen molar-refractivity contribution in [3.63, 3.8) is 0 Å². The summed E-state index contributed by atoms with van der Waals surface area (Å²) in [5.74, 6) is -0.454. The first kappa shape index (κ1) is 20.2. The third-order valence-corrected chi connectivity index (χ3v) is 5.69. The Hall–Kier alpha value is -2.58. The second-order valence-corrected chi connectivity index (χ2v) is 7.88. The molecule has 1 amide bonds. The number of amides is 1. The van der Waals surface area contributed by atoms with Gasteiger partial charge < -0.3 is 9.84 Å². The van der Waals surface area contributed by atoms with Crippen LogP contribution in [-0.2, 0) is 11.4 Å². The van der Waals surface area contributed by atoms with E-state index in [0.29, 0.717) is 15.8 Å². The first-order valence-corrected chi connectivity index (χ1v) is 9.89. The number of benzene rings is 2. The summed E-state index contributed by atoms with van der Waals surface area (Å²) in [5.41, 5.74) is 1.84. The van der Waals surface area contributed by atoms with Crippen molar-refractivity contribution in [2.24, 2.45) is 4.99 Å². The molecule has 0 spiro atoms. The number of amidine groups is 1. The third kappa shape index (κ3) is 4.45. The Morgan fingerprint density at radius 2 is 2.00 bits per heavy atom. The lowest BCUT2D eigenvalue weighted by molar-refractivity contribution is -0.121. The molecule has 2 aromatic carbocycles. The second-order valence-electron chi connectivity index (χ2n) is 5.95. The number of carboxylic acids is 1. The fourth-order valence-electron chi connectivity index (χ4n) is 2.56. The number of aliphatic imine (C=N–C) groups is 1. The first-order valence-electron chi connectivity index (χ1n) is 8.28. The van der Waals surface area contributed by atoms with Crippen LogP contribution in [0, 0.1) is 0 Å². The van der Waals surface area contributed by atoms with Crippen LogP contribution >= 0.6 is 27.7 Å². The number of halogens is 1. The van der Waals surface area contributed by atoms with E-state index >= 15 is 0 Å². The lowest BCUT2D eigenvalue weighted by Gasteiger charge is -2.11. The zero-order chi connectivity index (χ0) is 20.3. The number of carbonyl (C=O) groups excluding carboxylic acids is 1. The Labute approximate surface area is 175 Å². The summed E-state index contributed by atoms with van der Waals surface area (Å²) in [6, 6.07) is 12.1. The van der Waals surface area contributed by atoms with Crippen molar-refractivity contribution in [3.8, 4) is 5.75 Å². The van der Waals surface area contributed by atoms with Gasteiger partial charge in [-0.2, -0.15) is 0 Å². The maximum atomic E-state index is 12.4. The molecule has 144 valence electrons.